The lowest BCUT2D eigenvalue weighted by atomic mass is 10.2. The highest BCUT2D eigenvalue weighted by molar-refractivity contribution is 5.39. The minimum atomic E-state index is 0.261. The highest BCUT2D eigenvalue weighted by Gasteiger charge is 2.14. The highest BCUT2D eigenvalue weighted by Crippen LogP contribution is 2.23. The van der Waals surface area contributed by atoms with E-state index >= 15 is 0 Å². The molecule has 2 rings (SSSR count). The van der Waals surface area contributed by atoms with E-state index in [-0.39, 0.29) is 5.75 Å². The van der Waals surface area contributed by atoms with Crippen LogP contribution in [0.4, 0.5) is 0 Å². The zero-order valence-electron chi connectivity index (χ0n) is 12.6. The maximum atomic E-state index is 9.83. The summed E-state index contributed by atoms with van der Waals surface area (Å²) in [6.07, 6.45) is 3.52. The summed E-state index contributed by atoms with van der Waals surface area (Å²) < 4.78 is 16.1. The van der Waals surface area contributed by atoms with Crippen LogP contribution in [-0.4, -0.2) is 44.7 Å². The van der Waals surface area contributed by atoms with Crippen molar-refractivity contribution in [3.63, 3.8) is 0 Å². The first kappa shape index (κ1) is 16.1. The van der Waals surface area contributed by atoms with E-state index in [0.717, 1.165) is 44.6 Å². The molecule has 2 N–H and O–H groups in total. The molecule has 0 saturated carbocycles. The van der Waals surface area contributed by atoms with Crippen molar-refractivity contribution >= 4 is 0 Å². The molecule has 5 nitrogen and oxygen atoms in total. The van der Waals surface area contributed by atoms with Gasteiger partial charge in [0, 0.05) is 31.4 Å². The molecule has 0 amide bonds. The van der Waals surface area contributed by atoms with Crippen LogP contribution in [0.1, 0.15) is 24.8 Å². The van der Waals surface area contributed by atoms with Gasteiger partial charge in [-0.25, -0.2) is 0 Å². The zero-order chi connectivity index (χ0) is 14.9. The Labute approximate surface area is 126 Å². The van der Waals surface area contributed by atoms with Gasteiger partial charge in [-0.1, -0.05) is 6.07 Å². The third-order valence-corrected chi connectivity index (χ3v) is 3.58. The van der Waals surface area contributed by atoms with Crippen molar-refractivity contribution in [2.45, 2.75) is 31.9 Å². The van der Waals surface area contributed by atoms with Gasteiger partial charge >= 0.3 is 0 Å². The first-order valence-electron chi connectivity index (χ1n) is 7.55. The average Bonchev–Trinajstić information content (AvgIpc) is 3.01. The number of hydrogen-bond donors (Lipinski definition) is 2. The second-order valence-corrected chi connectivity index (χ2v) is 5.23. The second kappa shape index (κ2) is 8.87. The molecule has 1 heterocycles. The normalized spacial score (nSPS) is 18.0. The second-order valence-electron chi connectivity index (χ2n) is 5.23. The number of rotatable bonds is 9. The van der Waals surface area contributed by atoms with Gasteiger partial charge in [0.1, 0.15) is 11.5 Å². The van der Waals surface area contributed by atoms with Crippen LogP contribution in [0.5, 0.6) is 11.5 Å². The van der Waals surface area contributed by atoms with E-state index in [1.165, 1.54) is 0 Å². The minimum absolute atomic E-state index is 0.261. The Morgan fingerprint density at radius 3 is 3.05 bits per heavy atom. The number of benzene rings is 1. The molecule has 0 radical (unpaired) electrons. The Balaban J connectivity index is 1.53. The van der Waals surface area contributed by atoms with Gasteiger partial charge in [-0.2, -0.15) is 0 Å². The lowest BCUT2D eigenvalue weighted by molar-refractivity contribution is 0.0166. The summed E-state index contributed by atoms with van der Waals surface area (Å²) in [5.41, 5.74) is 0.871. The van der Waals surface area contributed by atoms with E-state index in [4.69, 9.17) is 14.2 Å². The van der Waals surface area contributed by atoms with Crippen LogP contribution in [0, 0.1) is 0 Å². The van der Waals surface area contributed by atoms with Crippen LogP contribution in [0.2, 0.25) is 0 Å². The van der Waals surface area contributed by atoms with Crippen molar-refractivity contribution in [3.05, 3.63) is 23.8 Å². The molecule has 1 unspecified atom stereocenters. The topological polar surface area (TPSA) is 60.0 Å². The number of ether oxygens (including phenoxy) is 3. The molecule has 0 aromatic heterocycles. The van der Waals surface area contributed by atoms with Crippen molar-refractivity contribution in [2.75, 3.05) is 33.5 Å². The van der Waals surface area contributed by atoms with Crippen molar-refractivity contribution in [2.24, 2.45) is 0 Å². The number of nitrogens with one attached hydrogen (secondary N) is 1. The molecule has 1 aromatic carbocycles. The van der Waals surface area contributed by atoms with Crippen LogP contribution < -0.4 is 10.1 Å². The molecule has 1 aliphatic rings. The zero-order valence-corrected chi connectivity index (χ0v) is 12.6. The van der Waals surface area contributed by atoms with E-state index in [1.807, 2.05) is 12.1 Å². The molecule has 1 aromatic rings. The van der Waals surface area contributed by atoms with Gasteiger partial charge in [-0.05, 0) is 31.9 Å². The highest BCUT2D eigenvalue weighted by atomic mass is 16.5. The fourth-order valence-corrected chi connectivity index (χ4v) is 2.33. The van der Waals surface area contributed by atoms with Gasteiger partial charge in [-0.3, -0.25) is 0 Å². The molecule has 21 heavy (non-hydrogen) atoms. The fourth-order valence-electron chi connectivity index (χ4n) is 2.33. The summed E-state index contributed by atoms with van der Waals surface area (Å²) >= 11 is 0. The summed E-state index contributed by atoms with van der Waals surface area (Å²) in [5.74, 6) is 0.926. The molecule has 1 atom stereocenters. The molecule has 0 spiro atoms. The van der Waals surface area contributed by atoms with E-state index in [1.54, 1.807) is 13.2 Å². The third-order valence-electron chi connectivity index (χ3n) is 3.58. The lowest BCUT2D eigenvalue weighted by Crippen LogP contribution is -2.19. The summed E-state index contributed by atoms with van der Waals surface area (Å²) in [5, 5.41) is 13.1. The fraction of sp³-hybridized carbons (Fsp3) is 0.625. The molecule has 1 aliphatic heterocycles. The smallest absolute Gasteiger partial charge is 0.123 e. The van der Waals surface area contributed by atoms with Gasteiger partial charge in [0.2, 0.25) is 0 Å². The van der Waals surface area contributed by atoms with Gasteiger partial charge in [0.15, 0.2) is 0 Å². The number of phenolic OH excluding ortho intramolecular Hbond substituents is 1. The summed E-state index contributed by atoms with van der Waals surface area (Å²) in [7, 11) is 1.59. The van der Waals surface area contributed by atoms with Crippen molar-refractivity contribution in [1.29, 1.82) is 0 Å². The van der Waals surface area contributed by atoms with Crippen molar-refractivity contribution in [1.82, 2.24) is 5.32 Å². The van der Waals surface area contributed by atoms with Gasteiger partial charge < -0.3 is 24.6 Å². The van der Waals surface area contributed by atoms with E-state index in [9.17, 15) is 5.11 Å². The molecule has 118 valence electrons. The van der Waals surface area contributed by atoms with E-state index < -0.39 is 0 Å². The SMILES string of the molecule is COc1ccc(CNCCCOCC2CCCO2)c(O)c1. The Kier molecular flexibility index (Phi) is 6.79. The monoisotopic (exact) mass is 295 g/mol. The van der Waals surface area contributed by atoms with E-state index in [2.05, 4.69) is 5.32 Å². The van der Waals surface area contributed by atoms with Gasteiger partial charge in [0.05, 0.1) is 19.8 Å². The number of methoxy groups -OCH3 is 1. The first-order valence-corrected chi connectivity index (χ1v) is 7.55. The Morgan fingerprint density at radius 1 is 1.43 bits per heavy atom. The van der Waals surface area contributed by atoms with Crippen molar-refractivity contribution < 1.29 is 19.3 Å². The van der Waals surface area contributed by atoms with Crippen LogP contribution in [-0.2, 0) is 16.0 Å². The predicted molar refractivity (Wildman–Crippen MR) is 80.8 cm³/mol. The standard InChI is InChI=1S/C16H25NO4/c1-19-14-6-5-13(16(18)10-14)11-17-7-3-8-20-12-15-4-2-9-21-15/h5-6,10,15,17-18H,2-4,7-9,11-12H2,1H3. The van der Waals surface area contributed by atoms with Gasteiger partial charge in [-0.15, -0.1) is 0 Å². The van der Waals surface area contributed by atoms with Crippen molar-refractivity contribution in [3.8, 4) is 11.5 Å². The predicted octanol–water partition coefficient (Wildman–Crippen LogP) is 2.08. The largest absolute Gasteiger partial charge is 0.507 e. The average molecular weight is 295 g/mol. The van der Waals surface area contributed by atoms with Crippen LogP contribution in [0.3, 0.4) is 0 Å². The molecule has 5 heteroatoms. The number of hydrogen-bond acceptors (Lipinski definition) is 5. The summed E-state index contributed by atoms with van der Waals surface area (Å²) in [6.45, 7) is 3.82. The Hall–Kier alpha value is -1.30. The molecular weight excluding hydrogens is 270 g/mol. The first-order chi connectivity index (χ1) is 10.3. The molecule has 1 fully saturated rings. The maximum Gasteiger partial charge on any atom is 0.123 e. The molecule has 0 aliphatic carbocycles. The summed E-state index contributed by atoms with van der Waals surface area (Å²) in [4.78, 5) is 0. The minimum Gasteiger partial charge on any atom is -0.507 e. The van der Waals surface area contributed by atoms with E-state index in [0.29, 0.717) is 25.0 Å². The third kappa shape index (κ3) is 5.53. The number of aromatic hydroxyl groups is 1. The lowest BCUT2D eigenvalue weighted by Gasteiger charge is -2.11. The maximum absolute atomic E-state index is 9.83. The van der Waals surface area contributed by atoms with Crippen LogP contribution in [0.15, 0.2) is 18.2 Å². The molecular formula is C16H25NO4. The Morgan fingerprint density at radius 2 is 2.33 bits per heavy atom. The number of phenols is 1. The summed E-state index contributed by atoms with van der Waals surface area (Å²) in [6, 6.07) is 5.35. The molecule has 0 bridgehead atoms. The quantitative estimate of drug-likeness (QED) is 0.683. The van der Waals surface area contributed by atoms with Gasteiger partial charge in [0.25, 0.3) is 0 Å². The van der Waals surface area contributed by atoms with Crippen LogP contribution >= 0.6 is 0 Å². The molecule has 1 saturated heterocycles. The van der Waals surface area contributed by atoms with Crippen LogP contribution in [0.25, 0.3) is 0 Å². The Bertz CT molecular complexity index is 419.